The summed E-state index contributed by atoms with van der Waals surface area (Å²) in [7, 11) is 0. The molecular weight excluding hydrogens is 367 g/mol. The number of pyridine rings is 1. The minimum atomic E-state index is -0.429. The number of benzene rings is 1. The zero-order valence-electron chi connectivity index (χ0n) is 13.9. The number of hydrogen-bond donors (Lipinski definition) is 1. The Morgan fingerprint density at radius 1 is 1.11 bits per heavy atom. The van der Waals surface area contributed by atoms with Crippen molar-refractivity contribution in [2.45, 2.75) is 6.67 Å². The first kappa shape index (κ1) is 17.0. The minimum absolute atomic E-state index is 0.115. The standard InChI is InChI=1S/C18H13FN6OS/c19-14-6-2-1-5-13(14)16-24-25(18(27)26-16)11-22-17-21-9-7-15(23-17)12-4-3-8-20-10-12/h1-10H,11H2,(H,21,22,23). The highest BCUT2D eigenvalue weighted by molar-refractivity contribution is 7.71. The summed E-state index contributed by atoms with van der Waals surface area (Å²) >= 11 is 5.16. The number of rotatable bonds is 5. The molecule has 3 heterocycles. The quantitative estimate of drug-likeness (QED) is 0.525. The Labute approximate surface area is 158 Å². The molecule has 4 aromatic rings. The van der Waals surface area contributed by atoms with Gasteiger partial charge in [-0.25, -0.2) is 19.0 Å². The zero-order chi connectivity index (χ0) is 18.6. The smallest absolute Gasteiger partial charge is 0.289 e. The first-order valence-electron chi connectivity index (χ1n) is 8.01. The van der Waals surface area contributed by atoms with Crippen molar-refractivity contribution in [2.75, 3.05) is 5.32 Å². The molecule has 0 spiro atoms. The molecule has 0 atom stereocenters. The summed E-state index contributed by atoms with van der Waals surface area (Å²) in [6.45, 7) is 0.174. The molecule has 0 aliphatic heterocycles. The number of nitrogens with one attached hydrogen (secondary N) is 1. The van der Waals surface area contributed by atoms with E-state index in [9.17, 15) is 4.39 Å². The number of hydrogen-bond acceptors (Lipinski definition) is 7. The van der Waals surface area contributed by atoms with Gasteiger partial charge in [-0.05, 0) is 42.5 Å². The van der Waals surface area contributed by atoms with Crippen LogP contribution in [0.5, 0.6) is 0 Å². The second kappa shape index (κ2) is 7.42. The van der Waals surface area contributed by atoms with Gasteiger partial charge in [0.1, 0.15) is 12.5 Å². The van der Waals surface area contributed by atoms with E-state index in [-0.39, 0.29) is 23.0 Å². The molecule has 0 unspecified atom stereocenters. The van der Waals surface area contributed by atoms with Crippen LogP contribution < -0.4 is 5.32 Å². The van der Waals surface area contributed by atoms with Gasteiger partial charge in [-0.15, -0.1) is 5.10 Å². The molecule has 1 aromatic carbocycles. The molecule has 7 nitrogen and oxygen atoms in total. The molecule has 0 amide bonds. The number of aromatic nitrogens is 5. The van der Waals surface area contributed by atoms with Gasteiger partial charge in [0.15, 0.2) is 0 Å². The van der Waals surface area contributed by atoms with Gasteiger partial charge in [0.05, 0.1) is 11.3 Å². The third-order valence-electron chi connectivity index (χ3n) is 3.71. The van der Waals surface area contributed by atoms with Crippen LogP contribution in [0.25, 0.3) is 22.7 Å². The molecule has 1 N–H and O–H groups in total. The van der Waals surface area contributed by atoms with E-state index in [0.29, 0.717) is 5.95 Å². The van der Waals surface area contributed by atoms with Crippen molar-refractivity contribution in [3.05, 3.63) is 71.7 Å². The predicted octanol–water partition coefficient (Wildman–Crippen LogP) is 3.93. The second-order valence-electron chi connectivity index (χ2n) is 5.49. The number of nitrogens with zero attached hydrogens (tertiary/aromatic N) is 5. The fourth-order valence-electron chi connectivity index (χ4n) is 2.41. The summed E-state index contributed by atoms with van der Waals surface area (Å²) in [5.41, 5.74) is 1.86. The Kier molecular flexibility index (Phi) is 4.67. The lowest BCUT2D eigenvalue weighted by Gasteiger charge is -2.06. The van der Waals surface area contributed by atoms with Crippen molar-refractivity contribution in [3.63, 3.8) is 0 Å². The highest BCUT2D eigenvalue weighted by Gasteiger charge is 2.12. The molecule has 3 aromatic heterocycles. The molecule has 0 fully saturated rings. The van der Waals surface area contributed by atoms with E-state index in [0.717, 1.165) is 11.3 Å². The fraction of sp³-hybridized carbons (Fsp3) is 0.0556. The maximum Gasteiger partial charge on any atom is 0.289 e. The summed E-state index contributed by atoms with van der Waals surface area (Å²) < 4.78 is 20.7. The summed E-state index contributed by atoms with van der Waals surface area (Å²) in [6, 6.07) is 11.7. The third kappa shape index (κ3) is 3.72. The first-order valence-corrected chi connectivity index (χ1v) is 8.42. The van der Waals surface area contributed by atoms with E-state index in [2.05, 4.69) is 25.4 Å². The van der Waals surface area contributed by atoms with Gasteiger partial charge < -0.3 is 9.73 Å². The Morgan fingerprint density at radius 2 is 2.00 bits per heavy atom. The van der Waals surface area contributed by atoms with E-state index < -0.39 is 5.82 Å². The van der Waals surface area contributed by atoms with Gasteiger partial charge >= 0.3 is 0 Å². The lowest BCUT2D eigenvalue weighted by Crippen LogP contribution is -2.11. The van der Waals surface area contributed by atoms with Crippen LogP contribution in [0.15, 0.2) is 65.5 Å². The van der Waals surface area contributed by atoms with E-state index in [1.54, 1.807) is 42.9 Å². The van der Waals surface area contributed by atoms with E-state index in [4.69, 9.17) is 16.6 Å². The number of anilines is 1. The molecule has 0 bridgehead atoms. The molecule has 0 aliphatic rings. The van der Waals surface area contributed by atoms with Crippen molar-refractivity contribution in [3.8, 4) is 22.7 Å². The predicted molar refractivity (Wildman–Crippen MR) is 99.6 cm³/mol. The molecule has 0 aliphatic carbocycles. The van der Waals surface area contributed by atoms with Crippen molar-refractivity contribution < 1.29 is 8.81 Å². The minimum Gasteiger partial charge on any atom is -0.409 e. The Morgan fingerprint density at radius 3 is 2.81 bits per heavy atom. The molecule has 9 heteroatoms. The second-order valence-corrected chi connectivity index (χ2v) is 5.84. The maximum absolute atomic E-state index is 13.9. The number of halogens is 1. The van der Waals surface area contributed by atoms with Gasteiger partial charge in [0.2, 0.25) is 11.8 Å². The van der Waals surface area contributed by atoms with Gasteiger partial charge in [-0.2, -0.15) is 0 Å². The fourth-order valence-corrected chi connectivity index (χ4v) is 2.60. The van der Waals surface area contributed by atoms with E-state index in [1.165, 1.54) is 10.7 Å². The topological polar surface area (TPSA) is 81.7 Å². The van der Waals surface area contributed by atoms with Crippen molar-refractivity contribution in [2.24, 2.45) is 0 Å². The van der Waals surface area contributed by atoms with Crippen LogP contribution in [0.2, 0.25) is 0 Å². The third-order valence-corrected chi connectivity index (χ3v) is 4.00. The largest absolute Gasteiger partial charge is 0.409 e. The molecule has 0 saturated carbocycles. The average Bonchev–Trinajstić information content (AvgIpc) is 3.08. The molecule has 4 rings (SSSR count). The van der Waals surface area contributed by atoms with Crippen LogP contribution in [0.1, 0.15) is 0 Å². The van der Waals surface area contributed by atoms with E-state index in [1.807, 2.05) is 12.1 Å². The van der Waals surface area contributed by atoms with Crippen molar-refractivity contribution in [1.82, 2.24) is 24.7 Å². The zero-order valence-corrected chi connectivity index (χ0v) is 14.7. The van der Waals surface area contributed by atoms with Gasteiger partial charge in [0, 0.05) is 24.2 Å². The molecular formula is C18H13FN6OS. The molecule has 0 saturated heterocycles. The summed E-state index contributed by atoms with van der Waals surface area (Å²) in [6.07, 6.45) is 5.06. The molecule has 134 valence electrons. The highest BCUT2D eigenvalue weighted by Crippen LogP contribution is 2.21. The SMILES string of the molecule is Fc1ccccc1-c1nn(CNc2nccc(-c3cccnc3)n2)c(=S)o1. The Balaban J connectivity index is 1.53. The molecule has 27 heavy (non-hydrogen) atoms. The van der Waals surface area contributed by atoms with Crippen LogP contribution >= 0.6 is 12.2 Å². The van der Waals surface area contributed by atoms with E-state index >= 15 is 0 Å². The van der Waals surface area contributed by atoms with Crippen LogP contribution in [-0.2, 0) is 6.67 Å². The summed E-state index contributed by atoms with van der Waals surface area (Å²) in [5.74, 6) is 0.0833. The van der Waals surface area contributed by atoms with Crippen molar-refractivity contribution >= 4 is 18.2 Å². The summed E-state index contributed by atoms with van der Waals surface area (Å²) in [4.78, 5) is 12.8. The Bertz CT molecular complexity index is 1130. The lowest BCUT2D eigenvalue weighted by molar-refractivity contribution is 0.518. The molecule has 0 radical (unpaired) electrons. The maximum atomic E-state index is 13.9. The average molecular weight is 380 g/mol. The highest BCUT2D eigenvalue weighted by atomic mass is 32.1. The van der Waals surface area contributed by atoms with Gasteiger partial charge in [-0.3, -0.25) is 4.98 Å². The van der Waals surface area contributed by atoms with Gasteiger partial charge in [0.25, 0.3) is 4.84 Å². The Hall–Kier alpha value is -3.46. The van der Waals surface area contributed by atoms with Crippen LogP contribution in [0.4, 0.5) is 10.3 Å². The monoisotopic (exact) mass is 380 g/mol. The van der Waals surface area contributed by atoms with Crippen LogP contribution in [-0.4, -0.2) is 24.7 Å². The van der Waals surface area contributed by atoms with Crippen LogP contribution in [0.3, 0.4) is 0 Å². The lowest BCUT2D eigenvalue weighted by atomic mass is 10.2. The van der Waals surface area contributed by atoms with Crippen LogP contribution in [0, 0.1) is 10.7 Å². The van der Waals surface area contributed by atoms with Gasteiger partial charge in [-0.1, -0.05) is 12.1 Å². The summed E-state index contributed by atoms with van der Waals surface area (Å²) in [5, 5.41) is 7.24. The first-order chi connectivity index (χ1) is 13.2. The normalized spacial score (nSPS) is 10.7. The van der Waals surface area contributed by atoms with Crippen molar-refractivity contribution in [1.29, 1.82) is 0 Å².